The van der Waals surface area contributed by atoms with Crippen LogP contribution < -0.4 is 16.0 Å². The second kappa shape index (κ2) is 8.06. The highest BCUT2D eigenvalue weighted by molar-refractivity contribution is 5.89. The summed E-state index contributed by atoms with van der Waals surface area (Å²) in [5.74, 6) is 0.824. The van der Waals surface area contributed by atoms with Crippen LogP contribution in [-0.2, 0) is 11.2 Å². The van der Waals surface area contributed by atoms with E-state index >= 15 is 0 Å². The Morgan fingerprint density at radius 2 is 1.77 bits per heavy atom. The fraction of sp³-hybridized carbons (Fsp3) is 0.158. The molecule has 0 saturated carbocycles. The van der Waals surface area contributed by atoms with E-state index in [1.807, 2.05) is 30.3 Å². The molecular formula is C19H20N6O. The summed E-state index contributed by atoms with van der Waals surface area (Å²) >= 11 is 0. The first-order valence-electron chi connectivity index (χ1n) is 8.33. The standard InChI is InChI=1S/C19H20N6O/c1-3-14-7-9-15(10-8-14)22-18-12-20-25-19(24-18)23-17-6-4-5-16(11-17)21-13(2)26/h4-12H,3H2,1-2H3,(H,21,26)(H2,22,23,24,25). The van der Waals surface area contributed by atoms with Gasteiger partial charge < -0.3 is 16.0 Å². The van der Waals surface area contributed by atoms with Crippen LogP contribution in [0.5, 0.6) is 0 Å². The van der Waals surface area contributed by atoms with Gasteiger partial charge in [0.15, 0.2) is 5.82 Å². The number of aromatic nitrogens is 3. The molecule has 0 aliphatic rings. The number of benzene rings is 2. The van der Waals surface area contributed by atoms with Crippen LogP contribution in [0.15, 0.2) is 54.7 Å². The number of nitrogens with zero attached hydrogens (tertiary/aromatic N) is 3. The summed E-state index contributed by atoms with van der Waals surface area (Å²) < 4.78 is 0. The summed E-state index contributed by atoms with van der Waals surface area (Å²) in [5, 5.41) is 17.0. The highest BCUT2D eigenvalue weighted by Crippen LogP contribution is 2.20. The number of anilines is 5. The van der Waals surface area contributed by atoms with E-state index in [9.17, 15) is 4.79 Å². The zero-order chi connectivity index (χ0) is 18.4. The van der Waals surface area contributed by atoms with Crippen LogP contribution >= 0.6 is 0 Å². The van der Waals surface area contributed by atoms with Crippen LogP contribution in [0.2, 0.25) is 0 Å². The fourth-order valence-electron chi connectivity index (χ4n) is 2.40. The van der Waals surface area contributed by atoms with Crippen molar-refractivity contribution in [2.24, 2.45) is 0 Å². The number of amides is 1. The Bertz CT molecular complexity index is 895. The Hall–Kier alpha value is -3.48. The second-order valence-corrected chi connectivity index (χ2v) is 5.73. The van der Waals surface area contributed by atoms with Crippen LogP contribution in [0.3, 0.4) is 0 Å². The molecule has 0 atom stereocenters. The molecule has 1 amide bonds. The minimum absolute atomic E-state index is 0.125. The molecule has 3 N–H and O–H groups in total. The predicted molar refractivity (Wildman–Crippen MR) is 103 cm³/mol. The number of carbonyl (C=O) groups excluding carboxylic acids is 1. The number of aryl methyl sites for hydroxylation is 1. The van der Waals surface area contributed by atoms with Gasteiger partial charge in [0.1, 0.15) is 0 Å². The lowest BCUT2D eigenvalue weighted by Crippen LogP contribution is -2.06. The van der Waals surface area contributed by atoms with Gasteiger partial charge in [0.25, 0.3) is 0 Å². The molecule has 0 fully saturated rings. The maximum absolute atomic E-state index is 11.2. The first kappa shape index (κ1) is 17.3. The average Bonchev–Trinajstić information content (AvgIpc) is 2.62. The molecule has 0 aliphatic heterocycles. The van der Waals surface area contributed by atoms with Crippen molar-refractivity contribution in [2.75, 3.05) is 16.0 Å². The zero-order valence-electron chi connectivity index (χ0n) is 14.7. The smallest absolute Gasteiger partial charge is 0.249 e. The van der Waals surface area contributed by atoms with Crippen molar-refractivity contribution in [1.82, 2.24) is 15.2 Å². The molecule has 3 aromatic rings. The summed E-state index contributed by atoms with van der Waals surface area (Å²) in [7, 11) is 0. The van der Waals surface area contributed by atoms with E-state index in [1.165, 1.54) is 12.5 Å². The minimum Gasteiger partial charge on any atom is -0.339 e. The van der Waals surface area contributed by atoms with E-state index in [1.54, 1.807) is 12.3 Å². The van der Waals surface area contributed by atoms with Crippen LogP contribution in [0.1, 0.15) is 19.4 Å². The zero-order valence-corrected chi connectivity index (χ0v) is 14.7. The Balaban J connectivity index is 1.71. The van der Waals surface area contributed by atoms with Gasteiger partial charge in [-0.15, -0.1) is 5.10 Å². The molecule has 0 saturated heterocycles. The van der Waals surface area contributed by atoms with Crippen LogP contribution in [0, 0.1) is 0 Å². The monoisotopic (exact) mass is 348 g/mol. The third-order valence-electron chi connectivity index (χ3n) is 3.63. The van der Waals surface area contributed by atoms with E-state index in [0.717, 1.165) is 17.8 Å². The molecule has 0 aliphatic carbocycles. The van der Waals surface area contributed by atoms with Gasteiger partial charge in [0.05, 0.1) is 6.20 Å². The minimum atomic E-state index is -0.125. The first-order chi connectivity index (χ1) is 12.6. The number of hydrogen-bond acceptors (Lipinski definition) is 6. The molecule has 7 heteroatoms. The van der Waals surface area contributed by atoms with Crippen LogP contribution in [-0.4, -0.2) is 21.1 Å². The number of carbonyl (C=O) groups is 1. The quantitative estimate of drug-likeness (QED) is 0.626. The molecule has 0 unspecified atom stereocenters. The molecule has 0 radical (unpaired) electrons. The SMILES string of the molecule is CCc1ccc(Nc2cnnc(Nc3cccc(NC(C)=O)c3)n2)cc1. The lowest BCUT2D eigenvalue weighted by Gasteiger charge is -2.09. The van der Waals surface area contributed by atoms with Crippen LogP contribution in [0.25, 0.3) is 0 Å². The highest BCUT2D eigenvalue weighted by atomic mass is 16.1. The van der Waals surface area contributed by atoms with E-state index in [4.69, 9.17) is 0 Å². The lowest BCUT2D eigenvalue weighted by atomic mass is 10.1. The summed E-state index contributed by atoms with van der Waals surface area (Å²) in [5.41, 5.74) is 3.65. The Morgan fingerprint density at radius 3 is 2.50 bits per heavy atom. The van der Waals surface area contributed by atoms with Crippen molar-refractivity contribution in [3.63, 3.8) is 0 Å². The summed E-state index contributed by atoms with van der Waals surface area (Å²) in [6.07, 6.45) is 2.56. The second-order valence-electron chi connectivity index (χ2n) is 5.73. The van der Waals surface area contributed by atoms with Crippen LogP contribution in [0.4, 0.5) is 28.8 Å². The molecule has 3 rings (SSSR count). The van der Waals surface area contributed by atoms with Gasteiger partial charge in [-0.2, -0.15) is 10.1 Å². The molecule has 1 aromatic heterocycles. The third-order valence-corrected chi connectivity index (χ3v) is 3.63. The average molecular weight is 348 g/mol. The van der Waals surface area contributed by atoms with Crippen molar-refractivity contribution in [3.05, 3.63) is 60.3 Å². The Kier molecular flexibility index (Phi) is 5.38. The molecule has 132 valence electrons. The number of hydrogen-bond donors (Lipinski definition) is 3. The van der Waals surface area contributed by atoms with Gasteiger partial charge in [0, 0.05) is 24.0 Å². The topological polar surface area (TPSA) is 91.8 Å². The number of rotatable bonds is 6. The van der Waals surface area contributed by atoms with Crippen molar-refractivity contribution in [1.29, 1.82) is 0 Å². The molecular weight excluding hydrogens is 328 g/mol. The van der Waals surface area contributed by atoms with Gasteiger partial charge in [0.2, 0.25) is 11.9 Å². The normalized spacial score (nSPS) is 10.2. The van der Waals surface area contributed by atoms with Gasteiger partial charge in [-0.1, -0.05) is 25.1 Å². The van der Waals surface area contributed by atoms with Crippen molar-refractivity contribution in [3.8, 4) is 0 Å². The van der Waals surface area contributed by atoms with Gasteiger partial charge in [-0.05, 0) is 42.3 Å². The molecule has 2 aromatic carbocycles. The van der Waals surface area contributed by atoms with Crippen molar-refractivity contribution >= 4 is 34.7 Å². The van der Waals surface area contributed by atoms with Crippen molar-refractivity contribution in [2.45, 2.75) is 20.3 Å². The van der Waals surface area contributed by atoms with E-state index < -0.39 is 0 Å². The molecule has 26 heavy (non-hydrogen) atoms. The largest absolute Gasteiger partial charge is 0.339 e. The lowest BCUT2D eigenvalue weighted by molar-refractivity contribution is -0.114. The number of nitrogens with one attached hydrogen (secondary N) is 3. The fourth-order valence-corrected chi connectivity index (χ4v) is 2.40. The first-order valence-corrected chi connectivity index (χ1v) is 8.33. The maximum atomic E-state index is 11.2. The molecule has 0 spiro atoms. The Morgan fingerprint density at radius 1 is 1.00 bits per heavy atom. The van der Waals surface area contributed by atoms with Gasteiger partial charge in [-0.3, -0.25) is 4.79 Å². The molecule has 0 bridgehead atoms. The van der Waals surface area contributed by atoms with E-state index in [0.29, 0.717) is 17.5 Å². The predicted octanol–water partition coefficient (Wildman–Crippen LogP) is 3.88. The van der Waals surface area contributed by atoms with Crippen molar-refractivity contribution < 1.29 is 4.79 Å². The summed E-state index contributed by atoms with van der Waals surface area (Å²) in [6, 6.07) is 15.5. The Labute approximate surface area is 151 Å². The summed E-state index contributed by atoms with van der Waals surface area (Å²) in [4.78, 5) is 15.6. The highest BCUT2D eigenvalue weighted by Gasteiger charge is 2.04. The summed E-state index contributed by atoms with van der Waals surface area (Å²) in [6.45, 7) is 3.59. The van der Waals surface area contributed by atoms with E-state index in [2.05, 4.69) is 50.2 Å². The maximum Gasteiger partial charge on any atom is 0.249 e. The van der Waals surface area contributed by atoms with E-state index in [-0.39, 0.29) is 5.91 Å². The van der Waals surface area contributed by atoms with Gasteiger partial charge in [-0.25, -0.2) is 0 Å². The third kappa shape index (κ3) is 4.76. The van der Waals surface area contributed by atoms with Gasteiger partial charge >= 0.3 is 0 Å². The molecule has 7 nitrogen and oxygen atoms in total. The molecule has 1 heterocycles.